The minimum absolute atomic E-state index is 0.880. The lowest BCUT2D eigenvalue weighted by Crippen LogP contribution is -2.08. The molecule has 3 nitrogen and oxygen atoms in total. The minimum atomic E-state index is 0.880. The van der Waals surface area contributed by atoms with Crippen molar-refractivity contribution >= 4 is 0 Å². The van der Waals surface area contributed by atoms with E-state index in [0.29, 0.717) is 0 Å². The quantitative estimate of drug-likeness (QED) is 0.747. The van der Waals surface area contributed by atoms with E-state index in [0.717, 1.165) is 25.4 Å². The first-order valence-corrected chi connectivity index (χ1v) is 6.54. The van der Waals surface area contributed by atoms with E-state index in [1.54, 1.807) is 0 Å². The number of hydrogen-bond donors (Lipinski definition) is 1. The normalized spacial score (nSPS) is 17.1. The molecule has 1 saturated carbocycles. The van der Waals surface area contributed by atoms with Gasteiger partial charge in [0.1, 0.15) is 0 Å². The Kier molecular flexibility index (Phi) is 4.40. The first kappa shape index (κ1) is 11.6. The smallest absolute Gasteiger partial charge is 0.0521 e. The van der Waals surface area contributed by atoms with Crippen LogP contribution in [0, 0.1) is 5.92 Å². The van der Waals surface area contributed by atoms with Gasteiger partial charge in [-0.05, 0) is 50.8 Å². The van der Waals surface area contributed by atoms with Gasteiger partial charge in [-0.2, -0.15) is 5.10 Å². The van der Waals surface area contributed by atoms with Crippen LogP contribution in [0.5, 0.6) is 0 Å². The number of nitrogens with one attached hydrogen (secondary N) is 1. The van der Waals surface area contributed by atoms with Crippen molar-refractivity contribution in [2.75, 3.05) is 13.6 Å². The molecule has 0 bridgehead atoms. The summed E-state index contributed by atoms with van der Waals surface area (Å²) in [5.74, 6) is 0.880. The highest BCUT2D eigenvalue weighted by Gasteiger charge is 2.15. The average molecular weight is 221 g/mol. The number of nitrogens with zero attached hydrogens (tertiary/aromatic N) is 2. The molecule has 0 radical (unpaired) electrons. The SMILES string of the molecule is CNCCCc1cnn(CC2CCCC2)c1. The molecule has 0 aromatic carbocycles. The van der Waals surface area contributed by atoms with Gasteiger partial charge >= 0.3 is 0 Å². The summed E-state index contributed by atoms with van der Waals surface area (Å²) in [4.78, 5) is 0. The Morgan fingerprint density at radius 1 is 1.44 bits per heavy atom. The Morgan fingerprint density at radius 3 is 3.00 bits per heavy atom. The van der Waals surface area contributed by atoms with Crippen molar-refractivity contribution in [3.63, 3.8) is 0 Å². The van der Waals surface area contributed by atoms with E-state index in [1.807, 2.05) is 13.2 Å². The Hall–Kier alpha value is -0.830. The third kappa shape index (κ3) is 3.34. The number of aryl methyl sites for hydroxylation is 1. The van der Waals surface area contributed by atoms with Gasteiger partial charge in [0, 0.05) is 12.7 Å². The van der Waals surface area contributed by atoms with Crippen molar-refractivity contribution in [2.45, 2.75) is 45.1 Å². The largest absolute Gasteiger partial charge is 0.320 e. The molecule has 0 spiro atoms. The van der Waals surface area contributed by atoms with Crippen LogP contribution in [0.4, 0.5) is 0 Å². The van der Waals surface area contributed by atoms with Gasteiger partial charge in [-0.3, -0.25) is 4.68 Å². The van der Waals surface area contributed by atoms with Gasteiger partial charge in [-0.25, -0.2) is 0 Å². The molecule has 3 heteroatoms. The second kappa shape index (κ2) is 6.04. The summed E-state index contributed by atoms with van der Waals surface area (Å²) in [6.45, 7) is 2.22. The van der Waals surface area contributed by atoms with Crippen molar-refractivity contribution in [1.82, 2.24) is 15.1 Å². The maximum absolute atomic E-state index is 4.45. The lowest BCUT2D eigenvalue weighted by atomic mass is 10.1. The summed E-state index contributed by atoms with van der Waals surface area (Å²) in [5, 5.41) is 7.63. The molecule has 1 aromatic heterocycles. The van der Waals surface area contributed by atoms with Gasteiger partial charge in [-0.15, -0.1) is 0 Å². The lowest BCUT2D eigenvalue weighted by molar-refractivity contribution is 0.429. The third-order valence-electron chi connectivity index (χ3n) is 3.50. The van der Waals surface area contributed by atoms with Crippen LogP contribution in [-0.2, 0) is 13.0 Å². The lowest BCUT2D eigenvalue weighted by Gasteiger charge is -2.07. The Bertz CT molecular complexity index is 300. The fourth-order valence-electron chi connectivity index (χ4n) is 2.56. The molecular formula is C13H23N3. The van der Waals surface area contributed by atoms with Crippen LogP contribution in [0.1, 0.15) is 37.7 Å². The van der Waals surface area contributed by atoms with Gasteiger partial charge in [0.15, 0.2) is 0 Å². The predicted octanol–water partition coefficient (Wildman–Crippen LogP) is 2.23. The second-order valence-corrected chi connectivity index (χ2v) is 4.93. The molecule has 1 aliphatic rings. The molecule has 0 amide bonds. The summed E-state index contributed by atoms with van der Waals surface area (Å²) in [5.41, 5.74) is 1.38. The highest BCUT2D eigenvalue weighted by molar-refractivity contribution is 5.04. The van der Waals surface area contributed by atoms with Crippen molar-refractivity contribution in [1.29, 1.82) is 0 Å². The van der Waals surface area contributed by atoms with Crippen LogP contribution in [0.25, 0.3) is 0 Å². The van der Waals surface area contributed by atoms with Crippen LogP contribution in [-0.4, -0.2) is 23.4 Å². The zero-order chi connectivity index (χ0) is 11.2. The minimum Gasteiger partial charge on any atom is -0.320 e. The van der Waals surface area contributed by atoms with Crippen LogP contribution in [0.2, 0.25) is 0 Å². The molecule has 0 unspecified atom stereocenters. The van der Waals surface area contributed by atoms with Gasteiger partial charge < -0.3 is 5.32 Å². The van der Waals surface area contributed by atoms with E-state index >= 15 is 0 Å². The van der Waals surface area contributed by atoms with E-state index < -0.39 is 0 Å². The molecule has 16 heavy (non-hydrogen) atoms. The summed E-state index contributed by atoms with van der Waals surface area (Å²) in [7, 11) is 2.00. The predicted molar refractivity (Wildman–Crippen MR) is 66.4 cm³/mol. The van der Waals surface area contributed by atoms with Crippen molar-refractivity contribution in [2.24, 2.45) is 5.92 Å². The van der Waals surface area contributed by atoms with Crippen LogP contribution >= 0.6 is 0 Å². The van der Waals surface area contributed by atoms with Crippen molar-refractivity contribution < 1.29 is 0 Å². The molecule has 0 atom stereocenters. The van der Waals surface area contributed by atoms with E-state index in [2.05, 4.69) is 21.3 Å². The molecule has 2 rings (SSSR count). The van der Waals surface area contributed by atoms with Crippen molar-refractivity contribution in [3.8, 4) is 0 Å². The average Bonchev–Trinajstić information content (AvgIpc) is 2.91. The van der Waals surface area contributed by atoms with E-state index in [4.69, 9.17) is 0 Å². The number of rotatable bonds is 6. The first-order valence-electron chi connectivity index (χ1n) is 6.54. The molecule has 1 aromatic rings. The monoisotopic (exact) mass is 221 g/mol. The van der Waals surface area contributed by atoms with E-state index in [1.165, 1.54) is 37.7 Å². The van der Waals surface area contributed by atoms with Crippen LogP contribution < -0.4 is 5.32 Å². The van der Waals surface area contributed by atoms with Crippen LogP contribution in [0.3, 0.4) is 0 Å². The van der Waals surface area contributed by atoms with Crippen LogP contribution in [0.15, 0.2) is 12.4 Å². The fourth-order valence-corrected chi connectivity index (χ4v) is 2.56. The maximum Gasteiger partial charge on any atom is 0.0521 e. The third-order valence-corrected chi connectivity index (χ3v) is 3.50. The highest BCUT2D eigenvalue weighted by atomic mass is 15.3. The molecule has 1 N–H and O–H groups in total. The molecule has 1 aliphatic carbocycles. The maximum atomic E-state index is 4.45. The summed E-state index contributed by atoms with van der Waals surface area (Å²) in [6, 6.07) is 0. The zero-order valence-corrected chi connectivity index (χ0v) is 10.3. The Balaban J connectivity index is 1.77. The highest BCUT2D eigenvalue weighted by Crippen LogP contribution is 2.25. The molecule has 1 fully saturated rings. The standard InChI is InChI=1S/C13H23N3/c1-14-8-4-7-13-9-15-16(11-13)10-12-5-2-3-6-12/h9,11-12,14H,2-8,10H2,1H3. The summed E-state index contributed by atoms with van der Waals surface area (Å²) < 4.78 is 2.14. The van der Waals surface area contributed by atoms with Gasteiger partial charge in [0.2, 0.25) is 0 Å². The first-order chi connectivity index (χ1) is 7.88. The molecule has 1 heterocycles. The number of hydrogen-bond acceptors (Lipinski definition) is 2. The van der Waals surface area contributed by atoms with Crippen molar-refractivity contribution in [3.05, 3.63) is 18.0 Å². The molecule has 90 valence electrons. The van der Waals surface area contributed by atoms with Gasteiger partial charge in [0.25, 0.3) is 0 Å². The van der Waals surface area contributed by atoms with E-state index in [-0.39, 0.29) is 0 Å². The summed E-state index contributed by atoms with van der Waals surface area (Å²) >= 11 is 0. The molecule has 0 saturated heterocycles. The fraction of sp³-hybridized carbons (Fsp3) is 0.769. The van der Waals surface area contributed by atoms with E-state index in [9.17, 15) is 0 Å². The second-order valence-electron chi connectivity index (χ2n) is 4.93. The van der Waals surface area contributed by atoms with Gasteiger partial charge in [0.05, 0.1) is 6.20 Å². The number of aromatic nitrogens is 2. The molecular weight excluding hydrogens is 198 g/mol. The van der Waals surface area contributed by atoms with Gasteiger partial charge in [-0.1, -0.05) is 12.8 Å². The summed E-state index contributed by atoms with van der Waals surface area (Å²) in [6.07, 6.45) is 12.2. The molecule has 0 aliphatic heterocycles. The topological polar surface area (TPSA) is 29.9 Å². The zero-order valence-electron chi connectivity index (χ0n) is 10.3. The Morgan fingerprint density at radius 2 is 2.25 bits per heavy atom. The Labute approximate surface area is 98.2 Å².